The third-order valence-electron chi connectivity index (χ3n) is 4.03. The maximum Gasteiger partial charge on any atom is 0.227 e. The monoisotopic (exact) mass is 352 g/mol. The lowest BCUT2D eigenvalue weighted by molar-refractivity contribution is -0.128. The molecule has 1 aromatic carbocycles. The molecule has 0 radical (unpaired) electrons. The number of hydrogen-bond donors (Lipinski definition) is 1. The second kappa shape index (κ2) is 7.82. The maximum absolute atomic E-state index is 12.2. The molecule has 0 spiro atoms. The molecule has 1 amide bonds. The van der Waals surface area contributed by atoms with E-state index in [-0.39, 0.29) is 31.1 Å². The number of nitrogens with zero attached hydrogens (tertiary/aromatic N) is 1. The standard InChI is InChI=1S/C20H20N2O4/c1-13-6-3-4-8-17(13)20-22-18(14(2)26-20)10-15(23)11-19(24)21-12-16-7-5-9-25-16/h3-9H,10-12H2,1-2H3,(H,21,24). The number of furan rings is 1. The van der Waals surface area contributed by atoms with Crippen LogP contribution in [-0.2, 0) is 22.6 Å². The summed E-state index contributed by atoms with van der Waals surface area (Å²) >= 11 is 0. The Bertz CT molecular complexity index is 910. The number of aryl methyl sites for hydroxylation is 2. The molecule has 2 aromatic heterocycles. The number of carbonyl (C=O) groups excluding carboxylic acids is 2. The third-order valence-corrected chi connectivity index (χ3v) is 4.03. The van der Waals surface area contributed by atoms with Crippen molar-refractivity contribution in [2.75, 3.05) is 0 Å². The predicted molar refractivity (Wildman–Crippen MR) is 95.3 cm³/mol. The lowest BCUT2D eigenvalue weighted by Gasteiger charge is -2.02. The van der Waals surface area contributed by atoms with Gasteiger partial charge in [-0.1, -0.05) is 18.2 Å². The molecule has 1 N–H and O–H groups in total. The minimum absolute atomic E-state index is 0.0649. The summed E-state index contributed by atoms with van der Waals surface area (Å²) in [5.41, 5.74) is 2.50. The summed E-state index contributed by atoms with van der Waals surface area (Å²) in [5.74, 6) is 1.17. The quantitative estimate of drug-likeness (QED) is 0.659. The average molecular weight is 352 g/mol. The SMILES string of the molecule is Cc1ccccc1-c1nc(CC(=O)CC(=O)NCc2ccco2)c(C)o1. The highest BCUT2D eigenvalue weighted by molar-refractivity contribution is 5.98. The van der Waals surface area contributed by atoms with Gasteiger partial charge in [0.25, 0.3) is 0 Å². The lowest BCUT2D eigenvalue weighted by Crippen LogP contribution is -2.25. The van der Waals surface area contributed by atoms with Gasteiger partial charge in [-0.3, -0.25) is 9.59 Å². The lowest BCUT2D eigenvalue weighted by atomic mass is 10.1. The van der Waals surface area contributed by atoms with Crippen LogP contribution in [0, 0.1) is 13.8 Å². The van der Waals surface area contributed by atoms with Gasteiger partial charge in [-0.15, -0.1) is 0 Å². The van der Waals surface area contributed by atoms with Crippen LogP contribution in [0.4, 0.5) is 0 Å². The Morgan fingerprint density at radius 2 is 1.92 bits per heavy atom. The maximum atomic E-state index is 12.2. The number of rotatable bonds is 7. The molecule has 0 bridgehead atoms. The van der Waals surface area contributed by atoms with Crippen molar-refractivity contribution in [2.24, 2.45) is 0 Å². The van der Waals surface area contributed by atoms with Crippen molar-refractivity contribution in [2.45, 2.75) is 33.2 Å². The van der Waals surface area contributed by atoms with Crippen molar-refractivity contribution in [3.8, 4) is 11.5 Å². The number of nitrogens with one attached hydrogen (secondary N) is 1. The largest absolute Gasteiger partial charge is 0.467 e. The normalized spacial score (nSPS) is 10.7. The van der Waals surface area contributed by atoms with E-state index in [4.69, 9.17) is 8.83 Å². The minimum Gasteiger partial charge on any atom is -0.467 e. The van der Waals surface area contributed by atoms with Crippen LogP contribution in [0.5, 0.6) is 0 Å². The molecule has 0 saturated carbocycles. The molecule has 3 rings (SSSR count). The summed E-state index contributed by atoms with van der Waals surface area (Å²) in [5, 5.41) is 2.66. The topological polar surface area (TPSA) is 85.3 Å². The van der Waals surface area contributed by atoms with E-state index in [1.54, 1.807) is 19.1 Å². The van der Waals surface area contributed by atoms with Gasteiger partial charge in [-0.25, -0.2) is 4.98 Å². The fourth-order valence-electron chi connectivity index (χ4n) is 2.61. The van der Waals surface area contributed by atoms with Crippen LogP contribution in [-0.4, -0.2) is 16.7 Å². The van der Waals surface area contributed by atoms with Crippen LogP contribution in [0.2, 0.25) is 0 Å². The summed E-state index contributed by atoms with van der Waals surface area (Å²) in [6.45, 7) is 4.01. The molecule has 2 heterocycles. The van der Waals surface area contributed by atoms with E-state index in [1.165, 1.54) is 6.26 Å². The molecule has 3 aromatic rings. The van der Waals surface area contributed by atoms with E-state index in [1.807, 2.05) is 31.2 Å². The van der Waals surface area contributed by atoms with Gasteiger partial charge >= 0.3 is 0 Å². The van der Waals surface area contributed by atoms with Crippen molar-refractivity contribution >= 4 is 11.7 Å². The van der Waals surface area contributed by atoms with Crippen LogP contribution in [0.15, 0.2) is 51.5 Å². The highest BCUT2D eigenvalue weighted by atomic mass is 16.4. The Balaban J connectivity index is 1.59. The van der Waals surface area contributed by atoms with E-state index in [2.05, 4.69) is 10.3 Å². The minimum atomic E-state index is -0.341. The molecule has 6 nitrogen and oxygen atoms in total. The van der Waals surface area contributed by atoms with Gasteiger partial charge in [0.05, 0.1) is 31.3 Å². The highest BCUT2D eigenvalue weighted by Crippen LogP contribution is 2.25. The fraction of sp³-hybridized carbons (Fsp3) is 0.250. The van der Waals surface area contributed by atoms with Gasteiger partial charge in [-0.2, -0.15) is 0 Å². The van der Waals surface area contributed by atoms with Crippen LogP contribution in [0.3, 0.4) is 0 Å². The zero-order chi connectivity index (χ0) is 18.5. The summed E-state index contributed by atoms with van der Waals surface area (Å²) in [4.78, 5) is 28.5. The molecule has 0 aliphatic heterocycles. The molecule has 6 heteroatoms. The van der Waals surface area contributed by atoms with Gasteiger partial charge in [0.2, 0.25) is 11.8 Å². The van der Waals surface area contributed by atoms with Crippen molar-refractivity contribution in [1.82, 2.24) is 10.3 Å². The zero-order valence-corrected chi connectivity index (χ0v) is 14.7. The van der Waals surface area contributed by atoms with Crippen LogP contribution in [0.25, 0.3) is 11.5 Å². The van der Waals surface area contributed by atoms with Crippen LogP contribution < -0.4 is 5.32 Å². The van der Waals surface area contributed by atoms with E-state index in [0.29, 0.717) is 23.1 Å². The Labute approximate surface area is 151 Å². The van der Waals surface area contributed by atoms with E-state index >= 15 is 0 Å². The Kier molecular flexibility index (Phi) is 5.31. The first kappa shape index (κ1) is 17.7. The van der Waals surface area contributed by atoms with E-state index < -0.39 is 0 Å². The van der Waals surface area contributed by atoms with Gasteiger partial charge in [0.1, 0.15) is 17.3 Å². The summed E-state index contributed by atoms with van der Waals surface area (Å²) < 4.78 is 10.8. The number of ketones is 1. The van der Waals surface area contributed by atoms with Gasteiger partial charge in [-0.05, 0) is 37.6 Å². The molecule has 0 fully saturated rings. The molecule has 0 aliphatic carbocycles. The van der Waals surface area contributed by atoms with E-state index in [9.17, 15) is 9.59 Å². The first-order chi connectivity index (χ1) is 12.5. The predicted octanol–water partition coefficient (Wildman–Crippen LogP) is 3.37. The van der Waals surface area contributed by atoms with Crippen molar-refractivity contribution < 1.29 is 18.4 Å². The Hall–Kier alpha value is -3.15. The van der Waals surface area contributed by atoms with Gasteiger partial charge in [0.15, 0.2) is 0 Å². The van der Waals surface area contributed by atoms with E-state index in [0.717, 1.165) is 11.1 Å². The summed E-state index contributed by atoms with van der Waals surface area (Å²) in [7, 11) is 0. The summed E-state index contributed by atoms with van der Waals surface area (Å²) in [6, 6.07) is 11.3. The molecule has 0 aliphatic rings. The third kappa shape index (κ3) is 4.27. The molecule has 0 unspecified atom stereocenters. The van der Waals surface area contributed by atoms with Crippen molar-refractivity contribution in [3.05, 3.63) is 65.4 Å². The smallest absolute Gasteiger partial charge is 0.227 e. The molecular formula is C20H20N2O4. The van der Waals surface area contributed by atoms with Gasteiger partial charge < -0.3 is 14.2 Å². The Morgan fingerprint density at radius 3 is 2.65 bits per heavy atom. The number of hydrogen-bond acceptors (Lipinski definition) is 5. The number of amides is 1. The second-order valence-corrected chi connectivity index (χ2v) is 6.09. The zero-order valence-electron chi connectivity index (χ0n) is 14.7. The van der Waals surface area contributed by atoms with Crippen molar-refractivity contribution in [1.29, 1.82) is 0 Å². The number of carbonyl (C=O) groups is 2. The Morgan fingerprint density at radius 1 is 1.12 bits per heavy atom. The first-order valence-electron chi connectivity index (χ1n) is 8.36. The average Bonchev–Trinajstić information content (AvgIpc) is 3.24. The molecular weight excluding hydrogens is 332 g/mol. The summed E-state index contributed by atoms with van der Waals surface area (Å²) in [6.07, 6.45) is 1.40. The first-order valence-corrected chi connectivity index (χ1v) is 8.36. The number of aromatic nitrogens is 1. The van der Waals surface area contributed by atoms with Gasteiger partial charge in [0, 0.05) is 5.56 Å². The molecule has 0 saturated heterocycles. The number of benzene rings is 1. The number of Topliss-reactive ketones (excluding diaryl/α,β-unsaturated/α-hetero) is 1. The van der Waals surface area contributed by atoms with Crippen LogP contribution in [0.1, 0.15) is 29.2 Å². The fourth-order valence-corrected chi connectivity index (χ4v) is 2.61. The molecule has 134 valence electrons. The second-order valence-electron chi connectivity index (χ2n) is 6.09. The number of oxazole rings is 1. The molecule has 26 heavy (non-hydrogen) atoms. The highest BCUT2D eigenvalue weighted by Gasteiger charge is 2.17. The van der Waals surface area contributed by atoms with Crippen LogP contribution >= 0.6 is 0 Å². The molecule has 0 atom stereocenters. The van der Waals surface area contributed by atoms with Crippen molar-refractivity contribution in [3.63, 3.8) is 0 Å².